The van der Waals surface area contributed by atoms with E-state index in [-0.39, 0.29) is 0 Å². The predicted molar refractivity (Wildman–Crippen MR) is 120 cm³/mol. The molecule has 0 spiro atoms. The molecule has 2 heteroatoms. The zero-order valence-corrected chi connectivity index (χ0v) is 16.9. The molecule has 2 atom stereocenters. The van der Waals surface area contributed by atoms with Gasteiger partial charge in [0.25, 0.3) is 0 Å². The summed E-state index contributed by atoms with van der Waals surface area (Å²) < 4.78 is 0. The predicted octanol–water partition coefficient (Wildman–Crippen LogP) is 5.95. The smallest absolute Gasteiger partial charge is 0.0389 e. The number of rotatable bonds is 9. The Morgan fingerprint density at radius 3 is 1.39 bits per heavy atom. The van der Waals surface area contributed by atoms with Crippen molar-refractivity contribution in [1.29, 1.82) is 0 Å². The van der Waals surface area contributed by atoms with Crippen molar-refractivity contribution in [2.45, 2.75) is 51.4 Å². The summed E-state index contributed by atoms with van der Waals surface area (Å²) in [7, 11) is 0. The lowest BCUT2D eigenvalue weighted by molar-refractivity contribution is 0.542. The first-order valence-electron chi connectivity index (χ1n) is 11.0. The van der Waals surface area contributed by atoms with E-state index in [1.807, 2.05) is 0 Å². The van der Waals surface area contributed by atoms with Crippen molar-refractivity contribution in [3.8, 4) is 0 Å². The second-order valence-corrected chi connectivity index (χ2v) is 8.30. The van der Waals surface area contributed by atoms with Gasteiger partial charge in [0.05, 0.1) is 0 Å². The van der Waals surface area contributed by atoms with Crippen LogP contribution in [0.15, 0.2) is 70.6 Å². The van der Waals surface area contributed by atoms with Gasteiger partial charge < -0.3 is 0 Å². The lowest BCUT2D eigenvalue weighted by Gasteiger charge is -2.29. The van der Waals surface area contributed by atoms with Crippen LogP contribution in [0.1, 0.15) is 49.7 Å². The second-order valence-electron chi connectivity index (χ2n) is 8.30. The van der Waals surface area contributed by atoms with E-state index in [1.165, 1.54) is 61.1 Å². The van der Waals surface area contributed by atoms with E-state index in [0.717, 1.165) is 25.9 Å². The van der Waals surface area contributed by atoms with Crippen molar-refractivity contribution in [3.05, 3.63) is 71.8 Å². The molecule has 2 saturated carbocycles. The fourth-order valence-electron chi connectivity index (χ4n) is 4.28. The molecule has 2 nitrogen and oxygen atoms in total. The monoisotopic (exact) mass is 372 g/mol. The molecule has 0 heterocycles. The molecule has 28 heavy (non-hydrogen) atoms. The van der Waals surface area contributed by atoms with Crippen molar-refractivity contribution in [2.24, 2.45) is 21.8 Å². The Morgan fingerprint density at radius 2 is 1.04 bits per heavy atom. The quantitative estimate of drug-likeness (QED) is 0.486. The van der Waals surface area contributed by atoms with Crippen LogP contribution in [-0.2, 0) is 12.8 Å². The average Bonchev–Trinajstić information content (AvgIpc) is 2.72. The third-order valence-electron chi connectivity index (χ3n) is 6.29. The van der Waals surface area contributed by atoms with Gasteiger partial charge in [-0.1, -0.05) is 60.7 Å². The van der Waals surface area contributed by atoms with Gasteiger partial charge in [-0.3, -0.25) is 9.98 Å². The maximum Gasteiger partial charge on any atom is 0.0389 e. The number of hydrogen-bond acceptors (Lipinski definition) is 2. The fraction of sp³-hybridized carbons (Fsp3) is 0.462. The molecule has 2 aliphatic rings. The molecule has 2 aromatic rings. The van der Waals surface area contributed by atoms with Gasteiger partial charge in [0.15, 0.2) is 0 Å². The molecule has 2 unspecified atom stereocenters. The van der Waals surface area contributed by atoms with Gasteiger partial charge in [0.1, 0.15) is 0 Å². The summed E-state index contributed by atoms with van der Waals surface area (Å²) in [6.07, 6.45) is 9.70. The van der Waals surface area contributed by atoms with Gasteiger partial charge in [-0.2, -0.15) is 0 Å². The van der Waals surface area contributed by atoms with Crippen molar-refractivity contribution in [1.82, 2.24) is 0 Å². The highest BCUT2D eigenvalue weighted by atomic mass is 14.8. The highest BCUT2D eigenvalue weighted by Gasteiger charge is 2.26. The summed E-state index contributed by atoms with van der Waals surface area (Å²) in [6.45, 7) is 1.97. The molecule has 0 aliphatic heterocycles. The zero-order valence-electron chi connectivity index (χ0n) is 16.9. The van der Waals surface area contributed by atoms with Gasteiger partial charge in [-0.05, 0) is 62.5 Å². The highest BCUT2D eigenvalue weighted by molar-refractivity contribution is 5.92. The van der Waals surface area contributed by atoms with Crippen LogP contribution in [0.3, 0.4) is 0 Å². The van der Waals surface area contributed by atoms with Crippen LogP contribution in [-0.4, -0.2) is 24.5 Å². The molecule has 0 bridgehead atoms. The first-order chi connectivity index (χ1) is 13.9. The Labute approximate surface area is 169 Å². The Morgan fingerprint density at radius 1 is 0.607 bits per heavy atom. The molecular formula is C26H32N2. The second kappa shape index (κ2) is 9.82. The summed E-state index contributed by atoms with van der Waals surface area (Å²) in [5.74, 6) is 1.38. The van der Waals surface area contributed by atoms with Crippen LogP contribution in [0.2, 0.25) is 0 Å². The van der Waals surface area contributed by atoms with Crippen molar-refractivity contribution in [2.75, 3.05) is 13.1 Å². The first-order valence-corrected chi connectivity index (χ1v) is 11.0. The van der Waals surface area contributed by atoms with E-state index in [9.17, 15) is 0 Å². The number of unbranched alkanes of at least 4 members (excludes halogenated alkanes) is 1. The molecule has 0 saturated heterocycles. The van der Waals surface area contributed by atoms with Gasteiger partial charge in [-0.15, -0.1) is 0 Å². The molecule has 146 valence electrons. The summed E-state index contributed by atoms with van der Waals surface area (Å²) >= 11 is 0. The summed E-state index contributed by atoms with van der Waals surface area (Å²) in [6, 6.07) is 21.7. The first kappa shape index (κ1) is 19.1. The van der Waals surface area contributed by atoms with Gasteiger partial charge >= 0.3 is 0 Å². The number of nitrogens with zero attached hydrogens (tertiary/aromatic N) is 2. The molecule has 0 aromatic heterocycles. The molecule has 0 amide bonds. The Hall–Kier alpha value is -2.22. The molecule has 2 aromatic carbocycles. The van der Waals surface area contributed by atoms with Crippen LogP contribution < -0.4 is 0 Å². The summed E-state index contributed by atoms with van der Waals surface area (Å²) in [5.41, 5.74) is 5.80. The minimum atomic E-state index is 0.691. The maximum atomic E-state index is 4.90. The number of benzene rings is 2. The largest absolute Gasteiger partial charge is 0.294 e. The zero-order chi connectivity index (χ0) is 19.0. The van der Waals surface area contributed by atoms with E-state index in [0.29, 0.717) is 11.8 Å². The molecule has 4 rings (SSSR count). The minimum Gasteiger partial charge on any atom is -0.294 e. The highest BCUT2D eigenvalue weighted by Crippen LogP contribution is 2.29. The topological polar surface area (TPSA) is 24.7 Å². The SMILES string of the molecule is c1ccc(CC2CCC2=NCCCCN=C2CCC2Cc2ccccc2)cc1. The molecule has 2 fully saturated rings. The van der Waals surface area contributed by atoms with Crippen LogP contribution in [0, 0.1) is 11.8 Å². The fourth-order valence-corrected chi connectivity index (χ4v) is 4.28. The Kier molecular flexibility index (Phi) is 6.70. The molecular weight excluding hydrogens is 340 g/mol. The Bertz CT molecular complexity index is 722. The number of hydrogen-bond donors (Lipinski definition) is 0. The standard InChI is InChI=1S/C26H32N2/c1-3-9-21(10-4-1)19-23-13-15-25(23)27-17-7-8-18-28-26-16-14-24(26)20-22-11-5-2-6-12-22/h1-6,9-12,23-24H,7-8,13-20H2. The van der Waals surface area contributed by atoms with E-state index < -0.39 is 0 Å². The van der Waals surface area contributed by atoms with E-state index in [1.54, 1.807) is 0 Å². The van der Waals surface area contributed by atoms with E-state index in [4.69, 9.17) is 9.98 Å². The third kappa shape index (κ3) is 5.19. The van der Waals surface area contributed by atoms with E-state index >= 15 is 0 Å². The van der Waals surface area contributed by atoms with Gasteiger partial charge in [0, 0.05) is 36.3 Å². The van der Waals surface area contributed by atoms with Crippen molar-refractivity contribution < 1.29 is 0 Å². The van der Waals surface area contributed by atoms with Crippen molar-refractivity contribution >= 4 is 11.4 Å². The lowest BCUT2D eigenvalue weighted by Crippen LogP contribution is -2.28. The minimum absolute atomic E-state index is 0.691. The third-order valence-corrected chi connectivity index (χ3v) is 6.29. The maximum absolute atomic E-state index is 4.90. The van der Waals surface area contributed by atoms with Crippen LogP contribution >= 0.6 is 0 Å². The lowest BCUT2D eigenvalue weighted by atomic mass is 9.78. The molecule has 2 aliphatic carbocycles. The van der Waals surface area contributed by atoms with E-state index in [2.05, 4.69) is 60.7 Å². The molecule has 0 radical (unpaired) electrons. The van der Waals surface area contributed by atoms with Gasteiger partial charge in [-0.25, -0.2) is 0 Å². The van der Waals surface area contributed by atoms with Crippen LogP contribution in [0.5, 0.6) is 0 Å². The van der Waals surface area contributed by atoms with Gasteiger partial charge in [0.2, 0.25) is 0 Å². The Balaban J connectivity index is 1.13. The summed E-state index contributed by atoms with van der Waals surface area (Å²) in [5, 5.41) is 0. The molecule has 0 N–H and O–H groups in total. The average molecular weight is 373 g/mol. The van der Waals surface area contributed by atoms with Crippen LogP contribution in [0.4, 0.5) is 0 Å². The summed E-state index contributed by atoms with van der Waals surface area (Å²) in [4.78, 5) is 9.79. The van der Waals surface area contributed by atoms with Crippen LogP contribution in [0.25, 0.3) is 0 Å². The van der Waals surface area contributed by atoms with Crippen molar-refractivity contribution in [3.63, 3.8) is 0 Å². The normalized spacial score (nSPS) is 24.1. The number of aliphatic imine (C=N–C) groups is 2.